The molecule has 2 aliphatic heterocycles. The molecule has 4 atom stereocenters. The van der Waals surface area contributed by atoms with Gasteiger partial charge in [-0.2, -0.15) is 0 Å². The minimum Gasteiger partial charge on any atom is -0.491 e. The van der Waals surface area contributed by atoms with Gasteiger partial charge < -0.3 is 24.4 Å². The summed E-state index contributed by atoms with van der Waals surface area (Å²) in [6.45, 7) is 3.68. The van der Waals surface area contributed by atoms with Crippen LogP contribution in [0.2, 0.25) is 0 Å². The highest BCUT2D eigenvalue weighted by Crippen LogP contribution is 2.30. The first kappa shape index (κ1) is 22.9. The number of nitrogens with zero attached hydrogens (tertiary/aromatic N) is 3. The molecular weight excluding hydrogens is 424 g/mol. The van der Waals surface area contributed by atoms with Gasteiger partial charge in [0.1, 0.15) is 23.7 Å². The highest BCUT2D eigenvalue weighted by atomic mass is 32.2. The number of fused-ring (bicyclic) bond motifs is 1. The van der Waals surface area contributed by atoms with Gasteiger partial charge in [-0.3, -0.25) is 14.9 Å². The number of benzene rings is 1. The molecule has 2 aliphatic rings. The Morgan fingerprint density at radius 1 is 1.32 bits per heavy atom. The van der Waals surface area contributed by atoms with E-state index in [2.05, 4.69) is 10.3 Å². The number of aliphatic hydroxyl groups is 1. The quantitative estimate of drug-likeness (QED) is 0.554. The van der Waals surface area contributed by atoms with Gasteiger partial charge in [0, 0.05) is 7.05 Å². The second kappa shape index (κ2) is 10.0. The van der Waals surface area contributed by atoms with Crippen molar-refractivity contribution in [1.82, 2.24) is 15.1 Å². The van der Waals surface area contributed by atoms with E-state index in [1.807, 2.05) is 18.2 Å². The van der Waals surface area contributed by atoms with E-state index >= 15 is 0 Å². The monoisotopic (exact) mass is 450 g/mol. The molecule has 3 amide bonds. The van der Waals surface area contributed by atoms with Crippen molar-refractivity contribution in [2.24, 2.45) is 4.99 Å². The summed E-state index contributed by atoms with van der Waals surface area (Å²) in [4.78, 5) is 44.1. The number of nitrogens with one attached hydrogen (secondary N) is 1. The SMILES string of the molecule is CCOC(=O)C(C)SC1=NC2C(C(=O)NC(=O)N2C)N1CC(O)COc1ccccc1. The fourth-order valence-corrected chi connectivity index (χ4v) is 4.22. The molecule has 2 N–H and O–H groups in total. The van der Waals surface area contributed by atoms with E-state index < -0.39 is 41.5 Å². The molecule has 2 heterocycles. The number of carbonyl (C=O) groups excluding carboxylic acids is 3. The lowest BCUT2D eigenvalue weighted by Crippen LogP contribution is -2.64. The molecule has 11 heteroatoms. The number of likely N-dealkylation sites (N-methyl/N-ethyl adjacent to an activating group) is 1. The minimum absolute atomic E-state index is 0.000332. The number of ether oxygens (including phenoxy) is 2. The number of thioether (sulfide) groups is 1. The fraction of sp³-hybridized carbons (Fsp3) is 0.500. The molecule has 0 saturated carbocycles. The number of aliphatic imine (C=N–C) groups is 1. The lowest BCUT2D eigenvalue weighted by molar-refractivity contribution is -0.142. The van der Waals surface area contributed by atoms with E-state index in [1.54, 1.807) is 37.9 Å². The zero-order valence-corrected chi connectivity index (χ0v) is 18.4. The number of carbonyl (C=O) groups is 3. The van der Waals surface area contributed by atoms with Gasteiger partial charge >= 0.3 is 12.0 Å². The first-order valence-electron chi connectivity index (χ1n) is 9.93. The maximum Gasteiger partial charge on any atom is 0.325 e. The van der Waals surface area contributed by atoms with Crippen LogP contribution < -0.4 is 10.1 Å². The number of aliphatic hydroxyl groups excluding tert-OH is 1. The van der Waals surface area contributed by atoms with Crippen molar-refractivity contribution < 1.29 is 29.0 Å². The molecule has 0 bridgehead atoms. The van der Waals surface area contributed by atoms with Gasteiger partial charge in [0.15, 0.2) is 17.4 Å². The number of amides is 3. The van der Waals surface area contributed by atoms with Gasteiger partial charge in [-0.05, 0) is 26.0 Å². The van der Waals surface area contributed by atoms with Crippen LogP contribution in [0.25, 0.3) is 0 Å². The summed E-state index contributed by atoms with van der Waals surface area (Å²) in [7, 11) is 1.54. The minimum atomic E-state index is -0.946. The molecule has 0 spiro atoms. The number of rotatable bonds is 8. The Kier molecular flexibility index (Phi) is 7.39. The molecule has 3 rings (SSSR count). The molecule has 1 saturated heterocycles. The summed E-state index contributed by atoms with van der Waals surface area (Å²) >= 11 is 1.12. The molecule has 168 valence electrons. The molecule has 0 aromatic heterocycles. The second-order valence-electron chi connectivity index (χ2n) is 7.12. The Morgan fingerprint density at radius 2 is 2.03 bits per heavy atom. The topological polar surface area (TPSA) is 121 Å². The predicted octanol–water partition coefficient (Wildman–Crippen LogP) is 0.659. The van der Waals surface area contributed by atoms with Crippen LogP contribution in [-0.4, -0.2) is 88.3 Å². The zero-order chi connectivity index (χ0) is 22.5. The molecule has 1 fully saturated rings. The molecule has 1 aromatic rings. The van der Waals surface area contributed by atoms with E-state index in [9.17, 15) is 19.5 Å². The van der Waals surface area contributed by atoms with E-state index in [1.165, 1.54) is 4.90 Å². The first-order valence-corrected chi connectivity index (χ1v) is 10.8. The number of urea groups is 1. The van der Waals surface area contributed by atoms with Crippen LogP contribution in [0.3, 0.4) is 0 Å². The molecule has 10 nitrogen and oxygen atoms in total. The Labute approximate surface area is 184 Å². The van der Waals surface area contributed by atoms with Crippen LogP contribution in [-0.2, 0) is 14.3 Å². The van der Waals surface area contributed by atoms with Crippen LogP contribution >= 0.6 is 11.8 Å². The smallest absolute Gasteiger partial charge is 0.325 e. The maximum absolute atomic E-state index is 12.6. The zero-order valence-electron chi connectivity index (χ0n) is 17.6. The van der Waals surface area contributed by atoms with Crippen molar-refractivity contribution in [2.45, 2.75) is 37.4 Å². The van der Waals surface area contributed by atoms with Crippen LogP contribution in [0.1, 0.15) is 13.8 Å². The van der Waals surface area contributed by atoms with Gasteiger partial charge in [-0.1, -0.05) is 30.0 Å². The fourth-order valence-electron chi connectivity index (χ4n) is 3.25. The van der Waals surface area contributed by atoms with Crippen molar-refractivity contribution in [2.75, 3.05) is 26.8 Å². The lowest BCUT2D eigenvalue weighted by atomic mass is 10.1. The molecule has 31 heavy (non-hydrogen) atoms. The largest absolute Gasteiger partial charge is 0.491 e. The standard InChI is InChI=1S/C20H26N4O6S/c1-4-29-18(27)12(2)31-20-21-16-15(17(26)22-19(28)23(16)3)24(20)10-13(25)11-30-14-8-6-5-7-9-14/h5-9,12-13,15-16,25H,4,10-11H2,1-3H3,(H,22,26,28). The third kappa shape index (κ3) is 5.28. The Balaban J connectivity index is 1.74. The average molecular weight is 451 g/mol. The van der Waals surface area contributed by atoms with Crippen LogP contribution in [0, 0.1) is 0 Å². The lowest BCUT2D eigenvalue weighted by Gasteiger charge is -2.37. The molecule has 0 aliphatic carbocycles. The predicted molar refractivity (Wildman–Crippen MR) is 115 cm³/mol. The van der Waals surface area contributed by atoms with Crippen molar-refractivity contribution in [3.63, 3.8) is 0 Å². The van der Waals surface area contributed by atoms with Crippen LogP contribution in [0.5, 0.6) is 5.75 Å². The number of β-amino-alcohol motifs (C(OH)–C–C–N with tert-alkyl or cyclic N) is 1. The normalized spacial score (nSPS) is 22.4. The summed E-state index contributed by atoms with van der Waals surface area (Å²) in [6, 6.07) is 7.69. The number of hydrogen-bond donors (Lipinski definition) is 2. The Morgan fingerprint density at radius 3 is 2.71 bits per heavy atom. The van der Waals surface area contributed by atoms with Crippen LogP contribution in [0.4, 0.5) is 4.79 Å². The van der Waals surface area contributed by atoms with Crippen molar-refractivity contribution >= 4 is 34.8 Å². The maximum atomic E-state index is 12.6. The van der Waals surface area contributed by atoms with Crippen molar-refractivity contribution in [3.8, 4) is 5.75 Å². The average Bonchev–Trinajstić information content (AvgIpc) is 3.10. The second-order valence-corrected chi connectivity index (χ2v) is 8.43. The highest BCUT2D eigenvalue weighted by molar-refractivity contribution is 8.14. The van der Waals surface area contributed by atoms with E-state index in [4.69, 9.17) is 9.47 Å². The van der Waals surface area contributed by atoms with Gasteiger partial charge in [0.2, 0.25) is 0 Å². The summed E-state index contributed by atoms with van der Waals surface area (Å²) < 4.78 is 10.7. The number of amidine groups is 1. The number of hydrogen-bond acceptors (Lipinski definition) is 9. The van der Waals surface area contributed by atoms with Gasteiger partial charge in [-0.15, -0.1) is 0 Å². The van der Waals surface area contributed by atoms with Crippen LogP contribution in [0.15, 0.2) is 35.3 Å². The third-order valence-electron chi connectivity index (χ3n) is 4.82. The first-order chi connectivity index (χ1) is 14.8. The summed E-state index contributed by atoms with van der Waals surface area (Å²) in [5.74, 6) is -0.305. The van der Waals surface area contributed by atoms with Gasteiger partial charge in [0.05, 0.1) is 13.2 Å². The molecule has 4 unspecified atom stereocenters. The molecular formula is C20H26N4O6S. The Bertz CT molecular complexity index is 851. The summed E-state index contributed by atoms with van der Waals surface area (Å²) in [6.07, 6.45) is -1.70. The molecule has 0 radical (unpaired) electrons. The highest BCUT2D eigenvalue weighted by Gasteiger charge is 2.49. The van der Waals surface area contributed by atoms with Gasteiger partial charge in [-0.25, -0.2) is 9.79 Å². The summed E-state index contributed by atoms with van der Waals surface area (Å²) in [5, 5.41) is 12.7. The number of esters is 1. The summed E-state index contributed by atoms with van der Waals surface area (Å²) in [5.41, 5.74) is 0. The Hall–Kier alpha value is -2.79. The van der Waals surface area contributed by atoms with Crippen molar-refractivity contribution in [3.05, 3.63) is 30.3 Å². The van der Waals surface area contributed by atoms with E-state index in [0.717, 1.165) is 11.8 Å². The third-order valence-corrected chi connectivity index (χ3v) is 5.91. The van der Waals surface area contributed by atoms with E-state index in [0.29, 0.717) is 10.9 Å². The number of imide groups is 1. The van der Waals surface area contributed by atoms with Gasteiger partial charge in [0.25, 0.3) is 5.91 Å². The molecule has 1 aromatic carbocycles. The number of para-hydroxylation sites is 1. The van der Waals surface area contributed by atoms with E-state index in [-0.39, 0.29) is 19.8 Å². The van der Waals surface area contributed by atoms with Crippen molar-refractivity contribution in [1.29, 1.82) is 0 Å².